The minimum atomic E-state index is -0.217. The lowest BCUT2D eigenvalue weighted by Crippen LogP contribution is -2.47. The largest absolute Gasteiger partial charge is 0.467 e. The molecule has 3 atom stereocenters. The van der Waals surface area contributed by atoms with Gasteiger partial charge in [-0.05, 0) is 38.3 Å². The van der Waals surface area contributed by atoms with Crippen LogP contribution in [0.1, 0.15) is 26.0 Å². The fourth-order valence-corrected chi connectivity index (χ4v) is 2.29. The van der Waals surface area contributed by atoms with Crippen molar-refractivity contribution in [3.8, 4) is 0 Å². The number of hydrogen-bond acceptors (Lipinski definition) is 4. The molecule has 106 valence electrons. The molecule has 1 amide bonds. The number of nitrogens with one attached hydrogen (secondary N) is 2. The van der Waals surface area contributed by atoms with Gasteiger partial charge in [-0.3, -0.25) is 4.79 Å². The maximum absolute atomic E-state index is 11.9. The van der Waals surface area contributed by atoms with Crippen molar-refractivity contribution in [3.63, 3.8) is 0 Å². The Balaban J connectivity index is 1.72. The summed E-state index contributed by atoms with van der Waals surface area (Å²) in [5, 5.41) is 6.18. The molecule has 3 unspecified atom stereocenters. The van der Waals surface area contributed by atoms with E-state index < -0.39 is 0 Å². The molecule has 19 heavy (non-hydrogen) atoms. The Kier molecular flexibility index (Phi) is 4.99. The number of amides is 1. The lowest BCUT2D eigenvalue weighted by atomic mass is 10.00. The van der Waals surface area contributed by atoms with Gasteiger partial charge in [0.25, 0.3) is 0 Å². The molecule has 0 saturated carbocycles. The van der Waals surface area contributed by atoms with Crippen LogP contribution in [0.3, 0.4) is 0 Å². The van der Waals surface area contributed by atoms with Crippen LogP contribution < -0.4 is 10.6 Å². The van der Waals surface area contributed by atoms with Gasteiger partial charge in [-0.1, -0.05) is 0 Å². The molecule has 2 N–H and O–H groups in total. The quantitative estimate of drug-likeness (QED) is 0.814. The molecule has 2 rings (SSSR count). The summed E-state index contributed by atoms with van der Waals surface area (Å²) in [4.78, 5) is 11.9. The lowest BCUT2D eigenvalue weighted by Gasteiger charge is -2.23. The Morgan fingerprint density at radius 3 is 3.00 bits per heavy atom. The average Bonchev–Trinajstić information content (AvgIpc) is 3.08. The fourth-order valence-electron chi connectivity index (χ4n) is 2.29. The predicted octanol–water partition coefficient (Wildman–Crippen LogP) is 1.30. The summed E-state index contributed by atoms with van der Waals surface area (Å²) in [6, 6.07) is 3.72. The number of carbonyl (C=O) groups is 1. The van der Waals surface area contributed by atoms with Crippen LogP contribution in [0.2, 0.25) is 0 Å². The van der Waals surface area contributed by atoms with E-state index in [1.165, 1.54) is 0 Å². The molecule has 5 heteroatoms. The van der Waals surface area contributed by atoms with Gasteiger partial charge in [-0.15, -0.1) is 0 Å². The molecule has 1 aliphatic rings. The minimum absolute atomic E-state index is 0.0119. The molecule has 1 aromatic heterocycles. The van der Waals surface area contributed by atoms with Crippen molar-refractivity contribution in [1.29, 1.82) is 0 Å². The van der Waals surface area contributed by atoms with Gasteiger partial charge in [0.05, 0.1) is 25.5 Å². The molecule has 0 radical (unpaired) electrons. The van der Waals surface area contributed by atoms with E-state index in [9.17, 15) is 4.79 Å². The van der Waals surface area contributed by atoms with E-state index in [0.717, 1.165) is 25.4 Å². The predicted molar refractivity (Wildman–Crippen MR) is 71.5 cm³/mol. The second-order valence-corrected chi connectivity index (χ2v) is 5.10. The molecular weight excluding hydrogens is 244 g/mol. The third kappa shape index (κ3) is 4.08. The Hall–Kier alpha value is -1.33. The summed E-state index contributed by atoms with van der Waals surface area (Å²) in [5.74, 6) is 1.25. The van der Waals surface area contributed by atoms with Gasteiger partial charge in [0.1, 0.15) is 5.76 Å². The summed E-state index contributed by atoms with van der Waals surface area (Å²) in [6.07, 6.45) is 2.67. The molecule has 1 saturated heterocycles. The monoisotopic (exact) mass is 266 g/mol. The van der Waals surface area contributed by atoms with Gasteiger partial charge in [0.2, 0.25) is 5.91 Å². The highest BCUT2D eigenvalue weighted by Crippen LogP contribution is 2.16. The molecule has 5 nitrogen and oxygen atoms in total. The summed E-state index contributed by atoms with van der Waals surface area (Å²) < 4.78 is 10.5. The highest BCUT2D eigenvalue weighted by molar-refractivity contribution is 5.81. The van der Waals surface area contributed by atoms with E-state index in [1.807, 2.05) is 19.1 Å². The molecule has 0 aliphatic carbocycles. The van der Waals surface area contributed by atoms with Crippen molar-refractivity contribution in [3.05, 3.63) is 24.2 Å². The molecule has 1 fully saturated rings. The Bertz CT molecular complexity index is 385. The van der Waals surface area contributed by atoms with Crippen molar-refractivity contribution in [2.24, 2.45) is 5.92 Å². The topological polar surface area (TPSA) is 63.5 Å². The fraction of sp³-hybridized carbons (Fsp3) is 0.643. The van der Waals surface area contributed by atoms with Crippen molar-refractivity contribution >= 4 is 5.91 Å². The first-order valence-corrected chi connectivity index (χ1v) is 6.80. The Labute approximate surface area is 113 Å². The van der Waals surface area contributed by atoms with Crippen LogP contribution in [0.15, 0.2) is 22.8 Å². The number of hydrogen-bond donors (Lipinski definition) is 2. The van der Waals surface area contributed by atoms with Gasteiger partial charge in [0.15, 0.2) is 0 Å². The van der Waals surface area contributed by atoms with Crippen LogP contribution in [-0.4, -0.2) is 31.2 Å². The zero-order valence-corrected chi connectivity index (χ0v) is 11.5. The summed E-state index contributed by atoms with van der Waals surface area (Å²) in [5.41, 5.74) is 0. The SMILES string of the molecule is CC(NC(C)C1CCOC1)C(=O)NCc1ccco1. The second kappa shape index (κ2) is 6.73. The number of ether oxygens (including phenoxy) is 1. The maximum atomic E-state index is 11.9. The minimum Gasteiger partial charge on any atom is -0.467 e. The van der Waals surface area contributed by atoms with Gasteiger partial charge in [-0.2, -0.15) is 0 Å². The molecule has 0 aromatic carbocycles. The summed E-state index contributed by atoms with van der Waals surface area (Å²) in [7, 11) is 0. The standard InChI is InChI=1S/C14H22N2O3/c1-10(12-5-7-18-9-12)16-11(2)14(17)15-8-13-4-3-6-19-13/h3-4,6,10-12,16H,5,7-9H2,1-2H3,(H,15,17). The maximum Gasteiger partial charge on any atom is 0.237 e. The van der Waals surface area contributed by atoms with E-state index >= 15 is 0 Å². The summed E-state index contributed by atoms with van der Waals surface area (Å²) >= 11 is 0. The van der Waals surface area contributed by atoms with Gasteiger partial charge in [0, 0.05) is 12.6 Å². The average molecular weight is 266 g/mol. The van der Waals surface area contributed by atoms with Crippen LogP contribution in [0.25, 0.3) is 0 Å². The van der Waals surface area contributed by atoms with Crippen molar-refractivity contribution in [2.75, 3.05) is 13.2 Å². The number of rotatable bonds is 6. The normalized spacial score (nSPS) is 22.1. The van der Waals surface area contributed by atoms with Crippen molar-refractivity contribution in [2.45, 2.75) is 38.9 Å². The molecule has 0 bridgehead atoms. The van der Waals surface area contributed by atoms with Crippen LogP contribution in [-0.2, 0) is 16.1 Å². The Morgan fingerprint density at radius 1 is 1.53 bits per heavy atom. The van der Waals surface area contributed by atoms with E-state index in [4.69, 9.17) is 9.15 Å². The highest BCUT2D eigenvalue weighted by atomic mass is 16.5. The van der Waals surface area contributed by atoms with Crippen LogP contribution in [0.5, 0.6) is 0 Å². The second-order valence-electron chi connectivity index (χ2n) is 5.10. The highest BCUT2D eigenvalue weighted by Gasteiger charge is 2.25. The Morgan fingerprint density at radius 2 is 2.37 bits per heavy atom. The van der Waals surface area contributed by atoms with E-state index in [1.54, 1.807) is 6.26 Å². The molecule has 0 spiro atoms. The van der Waals surface area contributed by atoms with E-state index in [0.29, 0.717) is 12.5 Å². The first-order valence-electron chi connectivity index (χ1n) is 6.80. The molecular formula is C14H22N2O3. The zero-order valence-electron chi connectivity index (χ0n) is 11.5. The smallest absolute Gasteiger partial charge is 0.237 e. The molecule has 1 aromatic rings. The van der Waals surface area contributed by atoms with Gasteiger partial charge >= 0.3 is 0 Å². The van der Waals surface area contributed by atoms with E-state index in [2.05, 4.69) is 17.6 Å². The first kappa shape index (κ1) is 14.1. The van der Waals surface area contributed by atoms with Crippen molar-refractivity contribution < 1.29 is 13.9 Å². The number of furan rings is 1. The van der Waals surface area contributed by atoms with Crippen LogP contribution in [0.4, 0.5) is 0 Å². The number of carbonyl (C=O) groups excluding carboxylic acids is 1. The third-order valence-corrected chi connectivity index (χ3v) is 3.60. The van der Waals surface area contributed by atoms with Crippen molar-refractivity contribution in [1.82, 2.24) is 10.6 Å². The lowest BCUT2D eigenvalue weighted by molar-refractivity contribution is -0.123. The summed E-state index contributed by atoms with van der Waals surface area (Å²) in [6.45, 7) is 6.03. The van der Waals surface area contributed by atoms with Crippen LogP contribution in [0, 0.1) is 5.92 Å². The zero-order chi connectivity index (χ0) is 13.7. The van der Waals surface area contributed by atoms with Crippen LogP contribution >= 0.6 is 0 Å². The third-order valence-electron chi connectivity index (χ3n) is 3.60. The molecule has 2 heterocycles. The van der Waals surface area contributed by atoms with E-state index in [-0.39, 0.29) is 18.0 Å². The molecule has 1 aliphatic heterocycles. The van der Waals surface area contributed by atoms with Gasteiger partial charge in [-0.25, -0.2) is 0 Å². The first-order chi connectivity index (χ1) is 9.16. The van der Waals surface area contributed by atoms with Gasteiger partial charge < -0.3 is 19.8 Å².